The quantitative estimate of drug-likeness (QED) is 0.365. The molecule has 4 nitrogen and oxygen atoms in total. The third kappa shape index (κ3) is 3.30. The van der Waals surface area contributed by atoms with E-state index < -0.39 is 15.8 Å². The average molecular weight is 606 g/mol. The smallest absolute Gasteiger partial charge is 0.353 e. The molecule has 2 aromatic carbocycles. The summed E-state index contributed by atoms with van der Waals surface area (Å²) in [5.74, 6) is 0.308. The van der Waals surface area contributed by atoms with Gasteiger partial charge in [0.2, 0.25) is 0 Å². The largest absolute Gasteiger partial charge is 0.500 e. The predicted molar refractivity (Wildman–Crippen MR) is 106 cm³/mol. The Balaban J connectivity index is 2.44. The maximum absolute atomic E-state index is 12.1. The van der Waals surface area contributed by atoms with E-state index in [9.17, 15) is 8.42 Å². The first-order valence-corrected chi connectivity index (χ1v) is 11.1. The van der Waals surface area contributed by atoms with Gasteiger partial charge in [-0.3, -0.25) is 0 Å². The van der Waals surface area contributed by atoms with Crippen molar-refractivity contribution < 1.29 is 16.8 Å². The summed E-state index contributed by atoms with van der Waals surface area (Å²) < 4.78 is 37.2. The number of halogens is 4. The molecule has 4 heterocycles. The average Bonchev–Trinajstić information content (AvgIpc) is 2.32. The molecule has 24 heavy (non-hydrogen) atoms. The second-order valence-electron chi connectivity index (χ2n) is 5.72. The lowest BCUT2D eigenvalue weighted by atomic mass is 9.78. The monoisotopic (exact) mass is 602 g/mol. The highest BCUT2D eigenvalue weighted by atomic mass is 79.9. The Morgan fingerprint density at radius 1 is 0.750 bits per heavy atom. The van der Waals surface area contributed by atoms with Crippen molar-refractivity contribution in [2.45, 2.75) is 19.3 Å². The van der Waals surface area contributed by atoms with Gasteiger partial charge in [0.05, 0.1) is 0 Å². The van der Waals surface area contributed by atoms with E-state index in [2.05, 4.69) is 77.6 Å². The molecule has 0 amide bonds. The highest BCUT2D eigenvalue weighted by Gasteiger charge is 2.34. The SMILES string of the molecule is CC1(C)c2c(Br)cc(cc2Br)OS(=O)(=O)Oc2cc(Br)c1c(Br)c2. The Hall–Kier alpha value is -0.0900. The van der Waals surface area contributed by atoms with Crippen molar-refractivity contribution in [3.05, 3.63) is 53.3 Å². The Kier molecular flexibility index (Phi) is 4.88. The van der Waals surface area contributed by atoms with Crippen LogP contribution in [0, 0.1) is 0 Å². The summed E-state index contributed by atoms with van der Waals surface area (Å²) in [6, 6.07) is 6.44. The van der Waals surface area contributed by atoms with Gasteiger partial charge in [0.15, 0.2) is 0 Å². The minimum atomic E-state index is -4.26. The van der Waals surface area contributed by atoms with Crippen LogP contribution in [0.3, 0.4) is 0 Å². The summed E-state index contributed by atoms with van der Waals surface area (Å²) in [6.07, 6.45) is 0. The van der Waals surface area contributed by atoms with Gasteiger partial charge in [-0.15, -0.1) is 8.42 Å². The van der Waals surface area contributed by atoms with E-state index in [0.29, 0.717) is 0 Å². The summed E-state index contributed by atoms with van der Waals surface area (Å²) >= 11 is 14.1. The number of rotatable bonds is 0. The normalized spacial score (nSPS) is 17.6. The van der Waals surface area contributed by atoms with Gasteiger partial charge >= 0.3 is 10.4 Å². The maximum atomic E-state index is 12.1. The molecule has 2 aromatic rings. The van der Waals surface area contributed by atoms with Crippen LogP contribution in [0.2, 0.25) is 0 Å². The zero-order chi connectivity index (χ0) is 17.9. The summed E-state index contributed by atoms with van der Waals surface area (Å²) in [7, 11) is -4.26. The molecule has 4 aliphatic heterocycles. The zero-order valence-electron chi connectivity index (χ0n) is 12.4. The summed E-state index contributed by atoms with van der Waals surface area (Å²) in [5.41, 5.74) is 1.51. The fourth-order valence-corrected chi connectivity index (χ4v) is 7.74. The third-order valence-corrected chi connectivity index (χ3v) is 6.97. The molecule has 0 saturated heterocycles. The minimum Gasteiger partial charge on any atom is -0.353 e. The Morgan fingerprint density at radius 3 is 1.33 bits per heavy atom. The highest BCUT2D eigenvalue weighted by Crippen LogP contribution is 2.48. The molecule has 9 heteroatoms. The van der Waals surface area contributed by atoms with Crippen molar-refractivity contribution in [2.75, 3.05) is 0 Å². The van der Waals surface area contributed by atoms with Crippen LogP contribution in [-0.2, 0) is 15.8 Å². The van der Waals surface area contributed by atoms with Gasteiger partial charge in [-0.1, -0.05) is 77.6 Å². The minimum absolute atomic E-state index is 0.154. The fraction of sp³-hybridized carbons (Fsp3) is 0.200. The van der Waals surface area contributed by atoms with E-state index in [0.717, 1.165) is 29.0 Å². The van der Waals surface area contributed by atoms with Gasteiger partial charge in [0.25, 0.3) is 0 Å². The van der Waals surface area contributed by atoms with E-state index in [1.54, 1.807) is 24.3 Å². The van der Waals surface area contributed by atoms with Gasteiger partial charge in [0, 0.05) is 23.3 Å². The number of benzene rings is 2. The van der Waals surface area contributed by atoms with Crippen LogP contribution < -0.4 is 8.37 Å². The lowest BCUT2D eigenvalue weighted by Gasteiger charge is -2.31. The van der Waals surface area contributed by atoms with Crippen LogP contribution in [0.4, 0.5) is 0 Å². The Labute approximate surface area is 173 Å². The Morgan fingerprint density at radius 2 is 1.04 bits per heavy atom. The highest BCUT2D eigenvalue weighted by molar-refractivity contribution is 9.11. The molecule has 4 aliphatic rings. The van der Waals surface area contributed by atoms with Crippen LogP contribution in [0.5, 0.6) is 11.5 Å². The summed E-state index contributed by atoms with van der Waals surface area (Å²) in [6.45, 7) is 4.15. The number of hydrogen-bond donors (Lipinski definition) is 0. The molecule has 0 spiro atoms. The third-order valence-electron chi connectivity index (χ3n) is 3.68. The van der Waals surface area contributed by atoms with Crippen molar-refractivity contribution in [2.24, 2.45) is 0 Å². The van der Waals surface area contributed by atoms with Gasteiger partial charge in [-0.25, -0.2) is 0 Å². The van der Waals surface area contributed by atoms with Crippen LogP contribution in [0.15, 0.2) is 42.2 Å². The lowest BCUT2D eigenvalue weighted by Crippen LogP contribution is -2.23. The zero-order valence-corrected chi connectivity index (χ0v) is 19.5. The van der Waals surface area contributed by atoms with Gasteiger partial charge in [-0.05, 0) is 35.4 Å². The van der Waals surface area contributed by atoms with E-state index >= 15 is 0 Å². The molecular formula is C15H10Br4O4S. The van der Waals surface area contributed by atoms with E-state index in [4.69, 9.17) is 8.37 Å². The van der Waals surface area contributed by atoms with E-state index in [1.165, 1.54) is 0 Å². The van der Waals surface area contributed by atoms with Crippen molar-refractivity contribution in [1.29, 1.82) is 0 Å². The van der Waals surface area contributed by atoms with Gasteiger partial charge < -0.3 is 8.37 Å². The van der Waals surface area contributed by atoms with Gasteiger partial charge in [0.1, 0.15) is 11.5 Å². The first-order valence-electron chi connectivity index (χ1n) is 6.64. The topological polar surface area (TPSA) is 52.6 Å². The molecular weight excluding hydrogens is 596 g/mol. The first-order chi connectivity index (χ1) is 11.0. The second kappa shape index (κ2) is 6.26. The maximum Gasteiger partial charge on any atom is 0.500 e. The van der Waals surface area contributed by atoms with E-state index in [1.807, 2.05) is 0 Å². The summed E-state index contributed by atoms with van der Waals surface area (Å²) in [5, 5.41) is 0. The molecule has 0 aromatic heterocycles. The van der Waals surface area contributed by atoms with Gasteiger partial charge in [-0.2, -0.15) is 0 Å². The molecule has 0 saturated carbocycles. The van der Waals surface area contributed by atoms with E-state index in [-0.39, 0.29) is 11.5 Å². The molecule has 0 fully saturated rings. The van der Waals surface area contributed by atoms with Crippen molar-refractivity contribution in [1.82, 2.24) is 0 Å². The van der Waals surface area contributed by atoms with Crippen molar-refractivity contribution >= 4 is 74.1 Å². The molecule has 6 rings (SSSR count). The molecule has 0 N–H and O–H groups in total. The van der Waals surface area contributed by atoms with Crippen LogP contribution >= 0.6 is 63.7 Å². The second-order valence-corrected chi connectivity index (χ2v) is 10.3. The Bertz CT molecular complexity index is 838. The molecule has 0 atom stereocenters. The van der Waals surface area contributed by atoms with Crippen LogP contribution in [0.1, 0.15) is 25.0 Å². The lowest BCUT2D eigenvalue weighted by molar-refractivity contribution is 0.391. The van der Waals surface area contributed by atoms with Crippen LogP contribution in [0.25, 0.3) is 0 Å². The molecule has 0 aliphatic carbocycles. The molecule has 128 valence electrons. The summed E-state index contributed by atoms with van der Waals surface area (Å²) in [4.78, 5) is 0. The predicted octanol–water partition coefficient (Wildman–Crippen LogP) is 6.08. The number of hydrogen-bond acceptors (Lipinski definition) is 4. The van der Waals surface area contributed by atoms with Crippen molar-refractivity contribution in [3.8, 4) is 11.5 Å². The molecule has 0 radical (unpaired) electrons. The molecule has 4 bridgehead atoms. The van der Waals surface area contributed by atoms with Crippen molar-refractivity contribution in [3.63, 3.8) is 0 Å². The van der Waals surface area contributed by atoms with Crippen LogP contribution in [-0.4, -0.2) is 8.42 Å². The fourth-order valence-electron chi connectivity index (χ4n) is 2.77. The standard InChI is InChI=1S/C15H10Br4O4S/c1-15(2)13-9(16)3-7(4-10(13)17)22-24(20,21)23-8-5-11(18)14(15)12(19)6-8/h3-6H,1-2H3. The molecule has 0 unspecified atom stereocenters. The first kappa shape index (κ1) is 18.7.